The number of carbonyl (C=O) groups is 1. The first kappa shape index (κ1) is 12.6. The van der Waals surface area contributed by atoms with Gasteiger partial charge in [-0.25, -0.2) is 4.79 Å². The van der Waals surface area contributed by atoms with Gasteiger partial charge in [-0.05, 0) is 48.1 Å². The number of nitrogens with one attached hydrogen (secondary N) is 2. The van der Waals surface area contributed by atoms with Gasteiger partial charge in [0.05, 0.1) is 17.8 Å². The van der Waals surface area contributed by atoms with E-state index in [2.05, 4.69) is 33.2 Å². The van der Waals surface area contributed by atoms with Gasteiger partial charge in [-0.15, -0.1) is 0 Å². The maximum absolute atomic E-state index is 11.8. The van der Waals surface area contributed by atoms with E-state index >= 15 is 0 Å². The highest BCUT2D eigenvalue weighted by Crippen LogP contribution is 2.17. The minimum atomic E-state index is -0.170. The van der Waals surface area contributed by atoms with Crippen LogP contribution in [0, 0.1) is 3.57 Å². The van der Waals surface area contributed by atoms with Crippen molar-refractivity contribution in [3.63, 3.8) is 0 Å². The fourth-order valence-electron chi connectivity index (χ4n) is 1.81. The van der Waals surface area contributed by atoms with Crippen LogP contribution in [-0.2, 0) is 4.74 Å². The van der Waals surface area contributed by atoms with Gasteiger partial charge in [0, 0.05) is 10.2 Å². The van der Waals surface area contributed by atoms with E-state index in [1.165, 1.54) is 0 Å². The molecule has 0 aliphatic carbocycles. The van der Waals surface area contributed by atoms with Crippen molar-refractivity contribution >= 4 is 34.3 Å². The topological polar surface area (TPSA) is 50.4 Å². The first-order chi connectivity index (χ1) is 8.16. The Balaban J connectivity index is 1.91. The Labute approximate surface area is 114 Å². The summed E-state index contributed by atoms with van der Waals surface area (Å²) in [7, 11) is 0. The normalized spacial score (nSPS) is 23.4. The van der Waals surface area contributed by atoms with Crippen LogP contribution in [0.1, 0.15) is 13.3 Å². The Kier molecular flexibility index (Phi) is 4.22. The highest BCUT2D eigenvalue weighted by molar-refractivity contribution is 14.1. The van der Waals surface area contributed by atoms with Crippen LogP contribution in [0.3, 0.4) is 0 Å². The second-order valence-electron chi connectivity index (χ2n) is 4.05. The van der Waals surface area contributed by atoms with Gasteiger partial charge in [-0.1, -0.05) is 12.1 Å². The molecule has 1 saturated heterocycles. The molecule has 0 saturated carbocycles. The standard InChI is InChI=1S/C12H15IN2O2/c1-8-10(6-7-17-8)14-12(16)15-11-5-3-2-4-9(11)13/h2-5,8,10H,6-7H2,1H3,(H2,14,15,16). The van der Waals surface area contributed by atoms with Crippen LogP contribution in [0.4, 0.5) is 10.5 Å². The summed E-state index contributed by atoms with van der Waals surface area (Å²) >= 11 is 2.20. The molecule has 0 spiro atoms. The quantitative estimate of drug-likeness (QED) is 0.809. The van der Waals surface area contributed by atoms with E-state index in [-0.39, 0.29) is 18.2 Å². The molecule has 1 aromatic rings. The SMILES string of the molecule is CC1OCCC1NC(=O)Nc1ccccc1I. The van der Waals surface area contributed by atoms with Crippen molar-refractivity contribution in [1.29, 1.82) is 0 Å². The smallest absolute Gasteiger partial charge is 0.319 e. The van der Waals surface area contributed by atoms with Crippen molar-refractivity contribution in [3.8, 4) is 0 Å². The van der Waals surface area contributed by atoms with Crippen molar-refractivity contribution in [2.24, 2.45) is 0 Å². The lowest BCUT2D eigenvalue weighted by molar-refractivity contribution is 0.114. The summed E-state index contributed by atoms with van der Waals surface area (Å²) in [4.78, 5) is 11.8. The van der Waals surface area contributed by atoms with Crippen molar-refractivity contribution < 1.29 is 9.53 Å². The summed E-state index contributed by atoms with van der Waals surface area (Å²) in [5, 5.41) is 5.77. The van der Waals surface area contributed by atoms with Gasteiger partial charge in [0.1, 0.15) is 0 Å². The number of halogens is 1. The van der Waals surface area contributed by atoms with E-state index in [4.69, 9.17) is 4.74 Å². The van der Waals surface area contributed by atoms with Crippen LogP contribution in [0.2, 0.25) is 0 Å². The number of benzene rings is 1. The molecule has 2 N–H and O–H groups in total. The average Bonchev–Trinajstić information content (AvgIpc) is 2.68. The number of para-hydroxylation sites is 1. The summed E-state index contributed by atoms with van der Waals surface area (Å²) in [5.74, 6) is 0. The van der Waals surface area contributed by atoms with Crippen LogP contribution in [0.15, 0.2) is 24.3 Å². The molecule has 1 aliphatic heterocycles. The molecule has 4 nitrogen and oxygen atoms in total. The van der Waals surface area contributed by atoms with Crippen LogP contribution >= 0.6 is 22.6 Å². The number of carbonyl (C=O) groups excluding carboxylic acids is 1. The largest absolute Gasteiger partial charge is 0.376 e. The number of rotatable bonds is 2. The molecular formula is C12H15IN2O2. The van der Waals surface area contributed by atoms with Gasteiger partial charge in [0.25, 0.3) is 0 Å². The maximum atomic E-state index is 11.8. The summed E-state index contributed by atoms with van der Waals surface area (Å²) in [6.07, 6.45) is 0.969. The minimum Gasteiger partial charge on any atom is -0.376 e. The van der Waals surface area contributed by atoms with Gasteiger partial charge in [-0.2, -0.15) is 0 Å². The Morgan fingerprint density at radius 1 is 1.47 bits per heavy atom. The zero-order chi connectivity index (χ0) is 12.3. The summed E-state index contributed by atoms with van der Waals surface area (Å²) in [5.41, 5.74) is 0.831. The molecule has 5 heteroatoms. The third kappa shape index (κ3) is 3.32. The Bertz CT molecular complexity index is 411. The Morgan fingerprint density at radius 2 is 2.24 bits per heavy atom. The molecule has 17 heavy (non-hydrogen) atoms. The molecule has 1 aromatic carbocycles. The van der Waals surface area contributed by atoms with Gasteiger partial charge in [-0.3, -0.25) is 0 Å². The summed E-state index contributed by atoms with van der Waals surface area (Å²) in [6, 6.07) is 7.62. The molecule has 1 aliphatic rings. The van der Waals surface area contributed by atoms with Gasteiger partial charge in [0.15, 0.2) is 0 Å². The highest BCUT2D eigenvalue weighted by Gasteiger charge is 2.25. The fourth-order valence-corrected chi connectivity index (χ4v) is 2.33. The number of amides is 2. The number of ether oxygens (including phenoxy) is 1. The lowest BCUT2D eigenvalue weighted by Crippen LogP contribution is -2.41. The number of hydrogen-bond donors (Lipinski definition) is 2. The van der Waals surface area contributed by atoms with E-state index in [0.29, 0.717) is 0 Å². The van der Waals surface area contributed by atoms with E-state index in [1.807, 2.05) is 31.2 Å². The predicted molar refractivity (Wildman–Crippen MR) is 75.1 cm³/mol. The predicted octanol–water partition coefficient (Wildman–Crippen LogP) is 2.59. The molecule has 2 rings (SSSR count). The molecule has 0 bridgehead atoms. The average molecular weight is 346 g/mol. The van der Waals surface area contributed by atoms with Crippen LogP contribution in [0.25, 0.3) is 0 Å². The maximum Gasteiger partial charge on any atom is 0.319 e. The second kappa shape index (κ2) is 5.68. The van der Waals surface area contributed by atoms with Gasteiger partial charge < -0.3 is 15.4 Å². The summed E-state index contributed by atoms with van der Waals surface area (Å²) < 4.78 is 6.42. The zero-order valence-corrected chi connectivity index (χ0v) is 11.7. The summed E-state index contributed by atoms with van der Waals surface area (Å²) in [6.45, 7) is 2.69. The molecule has 0 aromatic heterocycles. The first-order valence-electron chi connectivity index (χ1n) is 5.60. The van der Waals surface area contributed by atoms with E-state index < -0.39 is 0 Å². The van der Waals surface area contributed by atoms with E-state index in [1.54, 1.807) is 0 Å². The zero-order valence-electron chi connectivity index (χ0n) is 9.57. The van der Waals surface area contributed by atoms with Crippen LogP contribution < -0.4 is 10.6 Å². The number of hydrogen-bond acceptors (Lipinski definition) is 2. The molecule has 2 amide bonds. The van der Waals surface area contributed by atoms with Gasteiger partial charge >= 0.3 is 6.03 Å². The minimum absolute atomic E-state index is 0.0931. The lowest BCUT2D eigenvalue weighted by atomic mass is 10.2. The monoisotopic (exact) mass is 346 g/mol. The molecule has 2 atom stereocenters. The van der Waals surface area contributed by atoms with E-state index in [0.717, 1.165) is 22.3 Å². The second-order valence-corrected chi connectivity index (χ2v) is 5.21. The van der Waals surface area contributed by atoms with Crippen molar-refractivity contribution in [2.75, 3.05) is 11.9 Å². The Hall–Kier alpha value is -0.820. The van der Waals surface area contributed by atoms with E-state index in [9.17, 15) is 4.79 Å². The third-order valence-corrected chi connectivity index (χ3v) is 3.76. The van der Waals surface area contributed by atoms with Crippen LogP contribution in [0.5, 0.6) is 0 Å². The molecular weight excluding hydrogens is 331 g/mol. The first-order valence-corrected chi connectivity index (χ1v) is 6.68. The molecule has 1 fully saturated rings. The molecule has 2 unspecified atom stereocenters. The fraction of sp³-hybridized carbons (Fsp3) is 0.417. The molecule has 92 valence electrons. The number of anilines is 1. The molecule has 0 radical (unpaired) electrons. The number of urea groups is 1. The van der Waals surface area contributed by atoms with Crippen LogP contribution in [-0.4, -0.2) is 24.8 Å². The van der Waals surface area contributed by atoms with Gasteiger partial charge in [0.2, 0.25) is 0 Å². The Morgan fingerprint density at radius 3 is 2.88 bits per heavy atom. The molecule has 1 heterocycles. The van der Waals surface area contributed by atoms with Crippen molar-refractivity contribution in [1.82, 2.24) is 5.32 Å². The highest BCUT2D eigenvalue weighted by atomic mass is 127. The van der Waals surface area contributed by atoms with Crippen molar-refractivity contribution in [2.45, 2.75) is 25.5 Å². The third-order valence-electron chi connectivity index (χ3n) is 2.81. The van der Waals surface area contributed by atoms with Crippen molar-refractivity contribution in [3.05, 3.63) is 27.8 Å². The lowest BCUT2D eigenvalue weighted by Gasteiger charge is -2.16.